The number of carboxylic acids is 1. The lowest BCUT2D eigenvalue weighted by Crippen LogP contribution is -2.60. The molecule has 1 saturated heterocycles. The molecule has 112 valence electrons. The van der Waals surface area contributed by atoms with Gasteiger partial charge < -0.3 is 14.7 Å². The number of likely N-dealkylation sites (tertiary alicyclic amines) is 1. The topological polar surface area (TPSA) is 66.8 Å². The van der Waals surface area contributed by atoms with Crippen molar-refractivity contribution in [3.8, 4) is 0 Å². The van der Waals surface area contributed by atoms with Crippen LogP contribution in [0.3, 0.4) is 0 Å². The Balaban J connectivity index is 1.50. The van der Waals surface area contributed by atoms with E-state index in [0.717, 1.165) is 18.4 Å². The van der Waals surface area contributed by atoms with Crippen LogP contribution >= 0.6 is 0 Å². The van der Waals surface area contributed by atoms with Gasteiger partial charge >= 0.3 is 12.1 Å². The van der Waals surface area contributed by atoms with Crippen molar-refractivity contribution in [2.75, 3.05) is 13.1 Å². The van der Waals surface area contributed by atoms with Crippen molar-refractivity contribution in [1.82, 2.24) is 4.90 Å². The van der Waals surface area contributed by atoms with Crippen molar-refractivity contribution in [2.24, 2.45) is 11.3 Å². The monoisotopic (exact) mass is 289 g/mol. The predicted octanol–water partition coefficient (Wildman–Crippen LogP) is 2.51. The molecule has 2 fully saturated rings. The molecule has 1 aromatic carbocycles. The van der Waals surface area contributed by atoms with E-state index in [1.54, 1.807) is 4.90 Å². The Bertz CT molecular complexity index is 532. The average Bonchev–Trinajstić information content (AvgIpc) is 3.25. The summed E-state index contributed by atoms with van der Waals surface area (Å²) < 4.78 is 5.27. The molecule has 0 unspecified atom stereocenters. The molecule has 1 aromatic rings. The lowest BCUT2D eigenvalue weighted by Gasteiger charge is -2.49. The van der Waals surface area contributed by atoms with Crippen molar-refractivity contribution < 1.29 is 19.4 Å². The third kappa shape index (κ3) is 3.01. The van der Waals surface area contributed by atoms with Gasteiger partial charge in [-0.1, -0.05) is 30.3 Å². The molecule has 1 saturated carbocycles. The van der Waals surface area contributed by atoms with Gasteiger partial charge in [-0.15, -0.1) is 0 Å². The van der Waals surface area contributed by atoms with Crippen molar-refractivity contribution in [1.29, 1.82) is 0 Å². The summed E-state index contributed by atoms with van der Waals surface area (Å²) in [6, 6.07) is 9.52. The molecule has 0 aromatic heterocycles. The zero-order valence-corrected chi connectivity index (χ0v) is 11.8. The maximum Gasteiger partial charge on any atom is 0.410 e. The van der Waals surface area contributed by atoms with Gasteiger partial charge in [-0.3, -0.25) is 4.79 Å². The Kier molecular flexibility index (Phi) is 3.57. The first-order valence-corrected chi connectivity index (χ1v) is 7.26. The molecule has 1 N–H and O–H groups in total. The summed E-state index contributed by atoms with van der Waals surface area (Å²) in [5, 5.41) is 9.03. The second-order valence-corrected chi connectivity index (χ2v) is 6.10. The molecule has 1 amide bonds. The zero-order valence-electron chi connectivity index (χ0n) is 11.8. The molecule has 1 heterocycles. The lowest BCUT2D eigenvalue weighted by molar-refractivity contribution is -0.144. The zero-order chi connectivity index (χ0) is 14.9. The summed E-state index contributed by atoms with van der Waals surface area (Å²) in [7, 11) is 0. The number of rotatable bonds is 5. The van der Waals surface area contributed by atoms with E-state index in [-0.39, 0.29) is 24.5 Å². The number of carbonyl (C=O) groups is 2. The van der Waals surface area contributed by atoms with E-state index in [1.165, 1.54) is 0 Å². The van der Waals surface area contributed by atoms with Crippen molar-refractivity contribution in [3.05, 3.63) is 35.9 Å². The molecule has 5 heteroatoms. The highest BCUT2D eigenvalue weighted by Gasteiger charge is 2.55. The minimum atomic E-state index is -0.779. The van der Waals surface area contributed by atoms with Crippen LogP contribution in [0.25, 0.3) is 0 Å². The maximum absolute atomic E-state index is 12.0. The Hall–Kier alpha value is -2.04. The lowest BCUT2D eigenvalue weighted by atomic mass is 9.72. The van der Waals surface area contributed by atoms with Crippen molar-refractivity contribution >= 4 is 12.1 Å². The molecule has 1 aliphatic heterocycles. The summed E-state index contributed by atoms with van der Waals surface area (Å²) in [5.41, 5.74) is 0.739. The molecular formula is C16H19NO4. The van der Waals surface area contributed by atoms with Crippen LogP contribution in [0.4, 0.5) is 4.79 Å². The molecule has 0 spiro atoms. The molecule has 0 bridgehead atoms. The number of aliphatic carboxylic acids is 1. The fraction of sp³-hybridized carbons (Fsp3) is 0.500. The van der Waals surface area contributed by atoms with Gasteiger partial charge in [-0.25, -0.2) is 4.79 Å². The van der Waals surface area contributed by atoms with Gasteiger partial charge in [-0.2, -0.15) is 0 Å². The summed E-state index contributed by atoms with van der Waals surface area (Å²) in [5.74, 6) is -0.314. The van der Waals surface area contributed by atoms with Crippen LogP contribution in [0, 0.1) is 11.3 Å². The van der Waals surface area contributed by atoms with Crippen LogP contribution < -0.4 is 0 Å². The molecule has 0 radical (unpaired) electrons. The van der Waals surface area contributed by atoms with Gasteiger partial charge in [-0.05, 0) is 24.3 Å². The minimum absolute atomic E-state index is 0.153. The van der Waals surface area contributed by atoms with E-state index in [2.05, 4.69) is 0 Å². The largest absolute Gasteiger partial charge is 0.481 e. The maximum atomic E-state index is 12.0. The first-order chi connectivity index (χ1) is 10.1. The number of carbonyl (C=O) groups excluding carboxylic acids is 1. The average molecular weight is 289 g/mol. The van der Waals surface area contributed by atoms with E-state index in [9.17, 15) is 9.59 Å². The third-order valence-corrected chi connectivity index (χ3v) is 4.42. The minimum Gasteiger partial charge on any atom is -0.481 e. The van der Waals surface area contributed by atoms with Gasteiger partial charge in [0.25, 0.3) is 0 Å². The fourth-order valence-corrected chi connectivity index (χ4v) is 3.16. The van der Waals surface area contributed by atoms with Gasteiger partial charge in [0.1, 0.15) is 6.61 Å². The molecule has 21 heavy (non-hydrogen) atoms. The number of benzene rings is 1. The van der Waals surface area contributed by atoms with Crippen LogP contribution in [-0.2, 0) is 16.1 Å². The first kappa shape index (κ1) is 13.9. The summed E-state index contributed by atoms with van der Waals surface area (Å²) in [6.45, 7) is 1.28. The first-order valence-electron chi connectivity index (χ1n) is 7.26. The SMILES string of the molecule is O=C(O)CC1(C2CC2)CN(C(=O)OCc2ccccc2)C1. The number of carboxylic acid groups (broad SMARTS) is 1. The second-order valence-electron chi connectivity index (χ2n) is 6.10. The van der Waals surface area contributed by atoms with Crippen LogP contribution in [0.2, 0.25) is 0 Å². The molecule has 0 atom stereocenters. The van der Waals surface area contributed by atoms with Crippen molar-refractivity contribution in [3.63, 3.8) is 0 Å². The van der Waals surface area contributed by atoms with Crippen LogP contribution in [0.1, 0.15) is 24.8 Å². The third-order valence-electron chi connectivity index (χ3n) is 4.42. The van der Waals surface area contributed by atoms with Crippen molar-refractivity contribution in [2.45, 2.75) is 25.9 Å². The predicted molar refractivity (Wildman–Crippen MR) is 75.6 cm³/mol. The Morgan fingerprint density at radius 3 is 2.48 bits per heavy atom. The highest BCUT2D eigenvalue weighted by molar-refractivity contribution is 5.72. The van der Waals surface area contributed by atoms with E-state index in [4.69, 9.17) is 9.84 Å². The van der Waals surface area contributed by atoms with E-state index in [0.29, 0.717) is 19.0 Å². The summed E-state index contributed by atoms with van der Waals surface area (Å²) >= 11 is 0. The van der Waals surface area contributed by atoms with Crippen LogP contribution in [-0.4, -0.2) is 35.2 Å². The van der Waals surface area contributed by atoms with E-state index in [1.807, 2.05) is 30.3 Å². The number of hydrogen-bond donors (Lipinski definition) is 1. The molecular weight excluding hydrogens is 270 g/mol. The van der Waals surface area contributed by atoms with Gasteiger partial charge in [0.05, 0.1) is 6.42 Å². The molecule has 2 aliphatic rings. The fourth-order valence-electron chi connectivity index (χ4n) is 3.16. The summed E-state index contributed by atoms with van der Waals surface area (Å²) in [6.07, 6.45) is 1.97. The molecule has 5 nitrogen and oxygen atoms in total. The Morgan fingerprint density at radius 1 is 1.24 bits per heavy atom. The second kappa shape index (κ2) is 5.39. The molecule has 3 rings (SSSR count). The highest BCUT2D eigenvalue weighted by Crippen LogP contribution is 2.53. The normalized spacial score (nSPS) is 19.7. The highest BCUT2D eigenvalue weighted by atomic mass is 16.6. The van der Waals surface area contributed by atoms with E-state index >= 15 is 0 Å². The Morgan fingerprint density at radius 2 is 1.90 bits per heavy atom. The number of ether oxygens (including phenoxy) is 1. The smallest absolute Gasteiger partial charge is 0.410 e. The van der Waals surface area contributed by atoms with Gasteiger partial charge in [0.15, 0.2) is 0 Å². The van der Waals surface area contributed by atoms with E-state index < -0.39 is 5.97 Å². The standard InChI is InChI=1S/C16H19NO4/c18-14(19)8-16(13-6-7-13)10-17(11-16)15(20)21-9-12-4-2-1-3-5-12/h1-5,13H,6-11H2,(H,18,19). The van der Waals surface area contributed by atoms with Crippen LogP contribution in [0.5, 0.6) is 0 Å². The Labute approximate surface area is 123 Å². The molecule has 1 aliphatic carbocycles. The number of hydrogen-bond acceptors (Lipinski definition) is 3. The quantitative estimate of drug-likeness (QED) is 0.904. The van der Waals surface area contributed by atoms with Crippen LogP contribution in [0.15, 0.2) is 30.3 Å². The van der Waals surface area contributed by atoms with Gasteiger partial charge in [0.2, 0.25) is 0 Å². The number of amides is 1. The number of nitrogens with zero attached hydrogens (tertiary/aromatic N) is 1. The van der Waals surface area contributed by atoms with Gasteiger partial charge in [0, 0.05) is 18.5 Å². The summed E-state index contributed by atoms with van der Waals surface area (Å²) in [4.78, 5) is 24.6.